The van der Waals surface area contributed by atoms with Crippen molar-refractivity contribution in [2.75, 3.05) is 13.1 Å². The average Bonchev–Trinajstić information content (AvgIpc) is 2.88. The van der Waals surface area contributed by atoms with E-state index in [1.165, 1.54) is 25.7 Å². The third-order valence-electron chi connectivity index (χ3n) is 4.97. The lowest BCUT2D eigenvalue weighted by atomic mass is 9.96. The van der Waals surface area contributed by atoms with Gasteiger partial charge in [0.1, 0.15) is 0 Å². The molecule has 0 spiro atoms. The fourth-order valence-corrected chi connectivity index (χ4v) is 3.70. The number of likely N-dealkylation sites (tertiary alicyclic amines) is 1. The van der Waals surface area contributed by atoms with Crippen molar-refractivity contribution in [1.29, 1.82) is 0 Å². The molecule has 2 fully saturated rings. The number of β-amino-alcohol motifs (C(OH)–C–C–N with tert-alkyl or cyclic N) is 1. The van der Waals surface area contributed by atoms with Crippen molar-refractivity contribution in [3.8, 4) is 0 Å². The Kier molecular flexibility index (Phi) is 5.68. The van der Waals surface area contributed by atoms with Crippen molar-refractivity contribution >= 4 is 5.91 Å². The maximum atomic E-state index is 12.1. The van der Waals surface area contributed by atoms with Gasteiger partial charge < -0.3 is 10.0 Å². The largest absolute Gasteiger partial charge is 0.391 e. The number of aliphatic hydroxyl groups is 1. The van der Waals surface area contributed by atoms with Crippen molar-refractivity contribution in [3.63, 3.8) is 0 Å². The predicted octanol–water partition coefficient (Wildman–Crippen LogP) is 2.97. The van der Waals surface area contributed by atoms with Gasteiger partial charge in [0.2, 0.25) is 5.91 Å². The predicted molar refractivity (Wildman–Crippen MR) is 76.8 cm³/mol. The van der Waals surface area contributed by atoms with Crippen molar-refractivity contribution in [2.45, 2.75) is 70.8 Å². The van der Waals surface area contributed by atoms with Gasteiger partial charge >= 0.3 is 0 Å². The average molecular weight is 267 g/mol. The van der Waals surface area contributed by atoms with Crippen LogP contribution in [0.3, 0.4) is 0 Å². The maximum absolute atomic E-state index is 12.1. The van der Waals surface area contributed by atoms with Crippen molar-refractivity contribution < 1.29 is 9.90 Å². The van der Waals surface area contributed by atoms with Crippen molar-refractivity contribution in [2.24, 2.45) is 11.8 Å². The molecule has 1 aliphatic carbocycles. The Morgan fingerprint density at radius 2 is 2.00 bits per heavy atom. The van der Waals surface area contributed by atoms with E-state index in [2.05, 4.69) is 6.92 Å². The normalized spacial score (nSPS) is 27.6. The lowest BCUT2D eigenvalue weighted by Crippen LogP contribution is -2.39. The fourth-order valence-electron chi connectivity index (χ4n) is 3.70. The lowest BCUT2D eigenvalue weighted by Gasteiger charge is -2.27. The zero-order valence-corrected chi connectivity index (χ0v) is 12.3. The van der Waals surface area contributed by atoms with Crippen LogP contribution in [0.25, 0.3) is 0 Å². The van der Waals surface area contributed by atoms with Gasteiger partial charge in [0, 0.05) is 19.5 Å². The van der Waals surface area contributed by atoms with E-state index in [0.717, 1.165) is 32.2 Å². The van der Waals surface area contributed by atoms with E-state index >= 15 is 0 Å². The summed E-state index contributed by atoms with van der Waals surface area (Å²) in [5.74, 6) is 1.40. The molecule has 19 heavy (non-hydrogen) atoms. The van der Waals surface area contributed by atoms with Crippen LogP contribution in [-0.2, 0) is 4.79 Å². The molecule has 2 unspecified atom stereocenters. The van der Waals surface area contributed by atoms with E-state index in [9.17, 15) is 9.90 Å². The molecule has 1 aliphatic heterocycles. The summed E-state index contributed by atoms with van der Waals surface area (Å²) in [5, 5.41) is 10.3. The molecule has 0 radical (unpaired) electrons. The Labute approximate surface area is 117 Å². The molecule has 0 aromatic rings. The highest BCUT2D eigenvalue weighted by Gasteiger charge is 2.28. The molecule has 3 nitrogen and oxygen atoms in total. The van der Waals surface area contributed by atoms with Gasteiger partial charge in [-0.3, -0.25) is 4.79 Å². The van der Waals surface area contributed by atoms with Gasteiger partial charge in [0.05, 0.1) is 6.10 Å². The summed E-state index contributed by atoms with van der Waals surface area (Å²) in [6.45, 7) is 3.64. The monoisotopic (exact) mass is 267 g/mol. The second-order valence-corrected chi connectivity index (χ2v) is 6.43. The van der Waals surface area contributed by atoms with Crippen molar-refractivity contribution in [1.82, 2.24) is 4.90 Å². The maximum Gasteiger partial charge on any atom is 0.222 e. The van der Waals surface area contributed by atoms with E-state index in [-0.39, 0.29) is 12.0 Å². The van der Waals surface area contributed by atoms with Gasteiger partial charge in [-0.1, -0.05) is 32.6 Å². The molecule has 0 aromatic heterocycles. The van der Waals surface area contributed by atoms with Crippen LogP contribution in [0.2, 0.25) is 0 Å². The molecule has 0 aromatic carbocycles. The van der Waals surface area contributed by atoms with Crippen LogP contribution in [0, 0.1) is 11.8 Å². The lowest BCUT2D eigenvalue weighted by molar-refractivity contribution is -0.132. The molecule has 2 rings (SSSR count). The van der Waals surface area contributed by atoms with Gasteiger partial charge in [-0.05, 0) is 37.5 Å². The molecular weight excluding hydrogens is 238 g/mol. The second-order valence-electron chi connectivity index (χ2n) is 6.43. The van der Waals surface area contributed by atoms with Crippen LogP contribution >= 0.6 is 0 Å². The highest BCUT2D eigenvalue weighted by Crippen LogP contribution is 2.29. The SMILES string of the molecule is CCCC1CCC(=O)N(CC(O)C2CCCC2)CC1. The molecule has 1 saturated carbocycles. The summed E-state index contributed by atoms with van der Waals surface area (Å²) in [6, 6.07) is 0. The standard InChI is InChI=1S/C16H29NO2/c1-2-5-13-8-9-16(19)17(11-10-13)12-15(18)14-6-3-4-7-14/h13-15,18H,2-12H2,1H3. The van der Waals surface area contributed by atoms with Crippen LogP contribution < -0.4 is 0 Å². The number of amides is 1. The van der Waals surface area contributed by atoms with E-state index < -0.39 is 0 Å². The molecule has 110 valence electrons. The first-order valence-electron chi connectivity index (χ1n) is 8.16. The molecule has 2 aliphatic rings. The third kappa shape index (κ3) is 4.20. The van der Waals surface area contributed by atoms with Gasteiger partial charge in [0.15, 0.2) is 0 Å². The number of rotatable bonds is 5. The summed E-state index contributed by atoms with van der Waals surface area (Å²) in [4.78, 5) is 14.1. The van der Waals surface area contributed by atoms with Gasteiger partial charge in [-0.25, -0.2) is 0 Å². The van der Waals surface area contributed by atoms with Gasteiger partial charge in [-0.2, -0.15) is 0 Å². The van der Waals surface area contributed by atoms with Crippen LogP contribution in [-0.4, -0.2) is 35.1 Å². The van der Waals surface area contributed by atoms with E-state index in [0.29, 0.717) is 24.8 Å². The topological polar surface area (TPSA) is 40.5 Å². The minimum atomic E-state index is -0.297. The van der Waals surface area contributed by atoms with Gasteiger partial charge in [0.25, 0.3) is 0 Å². The Hall–Kier alpha value is -0.570. The smallest absolute Gasteiger partial charge is 0.222 e. The zero-order valence-electron chi connectivity index (χ0n) is 12.3. The summed E-state index contributed by atoms with van der Waals surface area (Å²) in [6.07, 6.45) is 9.78. The molecule has 1 heterocycles. The first-order chi connectivity index (χ1) is 9.20. The molecule has 1 amide bonds. The Morgan fingerprint density at radius 3 is 2.68 bits per heavy atom. The quantitative estimate of drug-likeness (QED) is 0.832. The molecule has 2 atom stereocenters. The van der Waals surface area contributed by atoms with Crippen LogP contribution in [0.1, 0.15) is 64.7 Å². The van der Waals surface area contributed by atoms with E-state index in [4.69, 9.17) is 0 Å². The minimum Gasteiger partial charge on any atom is -0.391 e. The van der Waals surface area contributed by atoms with Crippen LogP contribution in [0.4, 0.5) is 0 Å². The fraction of sp³-hybridized carbons (Fsp3) is 0.938. The van der Waals surface area contributed by atoms with E-state index in [1.54, 1.807) is 0 Å². The molecule has 0 bridgehead atoms. The molecule has 1 N–H and O–H groups in total. The Morgan fingerprint density at radius 1 is 1.26 bits per heavy atom. The summed E-state index contributed by atoms with van der Waals surface area (Å²) < 4.78 is 0. The number of carbonyl (C=O) groups excluding carboxylic acids is 1. The van der Waals surface area contributed by atoms with Crippen LogP contribution in [0.5, 0.6) is 0 Å². The Balaban J connectivity index is 1.83. The highest BCUT2D eigenvalue weighted by molar-refractivity contribution is 5.76. The summed E-state index contributed by atoms with van der Waals surface area (Å²) in [5.41, 5.74) is 0. The number of aliphatic hydroxyl groups excluding tert-OH is 1. The summed E-state index contributed by atoms with van der Waals surface area (Å²) in [7, 11) is 0. The number of hydrogen-bond acceptors (Lipinski definition) is 2. The zero-order chi connectivity index (χ0) is 13.7. The second kappa shape index (κ2) is 7.28. The third-order valence-corrected chi connectivity index (χ3v) is 4.97. The molecule has 3 heteroatoms. The summed E-state index contributed by atoms with van der Waals surface area (Å²) >= 11 is 0. The Bertz CT molecular complexity index is 286. The highest BCUT2D eigenvalue weighted by atomic mass is 16.3. The first-order valence-corrected chi connectivity index (χ1v) is 8.16. The molecule has 1 saturated heterocycles. The van der Waals surface area contributed by atoms with Crippen LogP contribution in [0.15, 0.2) is 0 Å². The van der Waals surface area contributed by atoms with Gasteiger partial charge in [-0.15, -0.1) is 0 Å². The van der Waals surface area contributed by atoms with Crippen molar-refractivity contribution in [3.05, 3.63) is 0 Å². The number of carbonyl (C=O) groups is 1. The molecular formula is C16H29NO2. The van der Waals surface area contributed by atoms with E-state index in [1.807, 2.05) is 4.90 Å². The minimum absolute atomic E-state index is 0.260. The number of hydrogen-bond donors (Lipinski definition) is 1. The first kappa shape index (κ1) is 14.8. The number of nitrogens with zero attached hydrogens (tertiary/aromatic N) is 1.